The number of nitrogens with one attached hydrogen (secondary N) is 1. The molecule has 6 nitrogen and oxygen atoms in total. The fraction of sp³-hybridized carbons (Fsp3) is 0.842. The van der Waals surface area contributed by atoms with Gasteiger partial charge in [-0.2, -0.15) is 8.78 Å². The molecule has 2 amide bonds. The molecule has 8 heteroatoms. The topological polar surface area (TPSA) is 75.7 Å². The Morgan fingerprint density at radius 1 is 1.19 bits per heavy atom. The number of nitrogens with zero attached hydrogens (tertiary/aromatic N) is 1. The molecule has 1 aliphatic heterocycles. The number of hydrogen-bond acceptors (Lipinski definition) is 4. The third kappa shape index (κ3) is 4.58. The van der Waals surface area contributed by atoms with Gasteiger partial charge in [0.05, 0.1) is 6.61 Å². The summed E-state index contributed by atoms with van der Waals surface area (Å²) >= 11 is 0. The Bertz CT molecular complexity index is 597. The molecule has 1 saturated carbocycles. The monoisotopic (exact) mass is 388 g/mol. The molecule has 1 heterocycles. The van der Waals surface area contributed by atoms with Crippen LogP contribution >= 0.6 is 0 Å². The zero-order valence-corrected chi connectivity index (χ0v) is 16.7. The normalized spacial score (nSPS) is 26.5. The highest BCUT2D eigenvalue weighted by molar-refractivity contribution is 5.93. The lowest BCUT2D eigenvalue weighted by atomic mass is 9.85. The van der Waals surface area contributed by atoms with Crippen molar-refractivity contribution in [2.45, 2.75) is 71.9 Å². The van der Waals surface area contributed by atoms with Gasteiger partial charge in [0, 0.05) is 13.5 Å². The van der Waals surface area contributed by atoms with Crippen LogP contribution in [0.25, 0.3) is 0 Å². The molecular weight excluding hydrogens is 358 g/mol. The van der Waals surface area contributed by atoms with Crippen molar-refractivity contribution < 1.29 is 27.9 Å². The average Bonchev–Trinajstić information content (AvgIpc) is 3.10. The van der Waals surface area contributed by atoms with Crippen molar-refractivity contribution >= 4 is 17.8 Å². The Kier molecular flexibility index (Phi) is 6.16. The number of ether oxygens (including phenoxy) is 1. The van der Waals surface area contributed by atoms with E-state index in [-0.39, 0.29) is 18.4 Å². The zero-order valence-electron chi connectivity index (χ0n) is 16.7. The van der Waals surface area contributed by atoms with Crippen LogP contribution in [0, 0.1) is 17.3 Å². The van der Waals surface area contributed by atoms with Crippen molar-refractivity contribution in [1.29, 1.82) is 0 Å². The van der Waals surface area contributed by atoms with Crippen molar-refractivity contribution in [2.24, 2.45) is 17.3 Å². The van der Waals surface area contributed by atoms with Gasteiger partial charge < -0.3 is 15.0 Å². The first-order valence-electron chi connectivity index (χ1n) is 9.53. The molecule has 2 fully saturated rings. The highest BCUT2D eigenvalue weighted by atomic mass is 19.3. The van der Waals surface area contributed by atoms with Gasteiger partial charge in [-0.1, -0.05) is 27.2 Å². The summed E-state index contributed by atoms with van der Waals surface area (Å²) in [6.45, 7) is 7.87. The fourth-order valence-electron chi connectivity index (χ4n) is 4.13. The van der Waals surface area contributed by atoms with E-state index in [1.807, 2.05) is 0 Å². The molecule has 0 aromatic carbocycles. The average molecular weight is 388 g/mol. The van der Waals surface area contributed by atoms with Crippen LogP contribution in [0.4, 0.5) is 8.78 Å². The summed E-state index contributed by atoms with van der Waals surface area (Å²) in [6, 6.07) is -1.87. The molecule has 154 valence electrons. The van der Waals surface area contributed by atoms with Crippen LogP contribution in [0.1, 0.15) is 53.9 Å². The van der Waals surface area contributed by atoms with Crippen molar-refractivity contribution in [3.8, 4) is 0 Å². The first-order chi connectivity index (χ1) is 12.4. The van der Waals surface area contributed by atoms with Gasteiger partial charge in [0.1, 0.15) is 12.1 Å². The Morgan fingerprint density at radius 2 is 1.81 bits per heavy atom. The number of rotatable bonds is 5. The number of likely N-dealkylation sites (tertiary alicyclic amines) is 1. The standard InChI is InChI=1S/C19H30F2N2O4/c1-6-27-16(25)13-12-9-7-8-11(12)10-23(13)15(24)14(18(2,3)4)22-17(26)19(5,20)21/h11-14H,6-10H2,1-5H3,(H,22,26)/t11-,12-,13-,14+/m0/s1. The van der Waals surface area contributed by atoms with E-state index in [0.717, 1.165) is 19.3 Å². The van der Waals surface area contributed by atoms with Gasteiger partial charge in [0.25, 0.3) is 5.91 Å². The summed E-state index contributed by atoms with van der Waals surface area (Å²) in [7, 11) is 0. The predicted molar refractivity (Wildman–Crippen MR) is 95.0 cm³/mol. The fourth-order valence-corrected chi connectivity index (χ4v) is 4.13. The second-order valence-electron chi connectivity index (χ2n) is 8.70. The van der Waals surface area contributed by atoms with Crippen LogP contribution < -0.4 is 5.32 Å². The Labute approximate surface area is 159 Å². The molecule has 0 radical (unpaired) electrons. The molecule has 27 heavy (non-hydrogen) atoms. The van der Waals surface area contributed by atoms with Crippen LogP contribution in [0.3, 0.4) is 0 Å². The lowest BCUT2D eigenvalue weighted by molar-refractivity contribution is -0.157. The molecule has 0 aromatic heterocycles. The van der Waals surface area contributed by atoms with Crippen molar-refractivity contribution in [2.75, 3.05) is 13.2 Å². The van der Waals surface area contributed by atoms with E-state index in [1.54, 1.807) is 27.7 Å². The summed E-state index contributed by atoms with van der Waals surface area (Å²) in [5, 5.41) is 2.20. The number of carbonyl (C=O) groups excluding carboxylic acids is 3. The van der Waals surface area contributed by atoms with Crippen molar-refractivity contribution in [1.82, 2.24) is 10.2 Å². The van der Waals surface area contributed by atoms with Crippen LogP contribution in [0.15, 0.2) is 0 Å². The van der Waals surface area contributed by atoms with Crippen molar-refractivity contribution in [3.05, 3.63) is 0 Å². The lowest BCUT2D eigenvalue weighted by Gasteiger charge is -2.36. The summed E-state index contributed by atoms with van der Waals surface area (Å²) in [5.41, 5.74) is -0.797. The molecule has 1 saturated heterocycles. The number of esters is 1. The van der Waals surface area contributed by atoms with E-state index in [2.05, 4.69) is 5.32 Å². The molecule has 0 unspecified atom stereocenters. The smallest absolute Gasteiger partial charge is 0.329 e. The second-order valence-corrected chi connectivity index (χ2v) is 8.70. The lowest BCUT2D eigenvalue weighted by Crippen LogP contribution is -2.59. The largest absolute Gasteiger partial charge is 0.464 e. The number of amides is 2. The number of carbonyl (C=O) groups is 3. The summed E-state index contributed by atoms with van der Waals surface area (Å²) in [4.78, 5) is 39.1. The van der Waals surface area contributed by atoms with Crippen LogP contribution in [-0.2, 0) is 19.1 Å². The van der Waals surface area contributed by atoms with Gasteiger partial charge >= 0.3 is 11.9 Å². The summed E-state index contributed by atoms with van der Waals surface area (Å²) < 4.78 is 31.9. The van der Waals surface area contributed by atoms with Gasteiger partial charge in [-0.05, 0) is 37.0 Å². The third-order valence-corrected chi connectivity index (χ3v) is 5.49. The maximum absolute atomic E-state index is 13.4. The maximum Gasteiger partial charge on any atom is 0.329 e. The molecule has 0 bridgehead atoms. The number of halogens is 2. The van der Waals surface area contributed by atoms with Gasteiger partial charge in [-0.15, -0.1) is 0 Å². The van der Waals surface area contributed by atoms with Crippen LogP contribution in [0.5, 0.6) is 0 Å². The minimum Gasteiger partial charge on any atom is -0.464 e. The summed E-state index contributed by atoms with van der Waals surface area (Å²) in [5.74, 6) is -5.83. The van der Waals surface area contributed by atoms with Crippen LogP contribution in [0.2, 0.25) is 0 Å². The molecule has 1 N–H and O–H groups in total. The van der Waals surface area contributed by atoms with E-state index in [4.69, 9.17) is 4.74 Å². The molecule has 0 aromatic rings. The van der Waals surface area contributed by atoms with E-state index in [9.17, 15) is 23.2 Å². The SMILES string of the molecule is CCOC(=O)[C@@H]1[C@H]2CCC[C@H]2CN1C(=O)[C@@H](NC(=O)C(C)(F)F)C(C)(C)C. The second kappa shape index (κ2) is 7.72. The zero-order chi connectivity index (χ0) is 20.6. The molecule has 1 aliphatic carbocycles. The van der Waals surface area contributed by atoms with Gasteiger partial charge in [0.2, 0.25) is 5.91 Å². The Balaban J connectivity index is 2.29. The van der Waals surface area contributed by atoms with E-state index in [0.29, 0.717) is 13.5 Å². The first-order valence-corrected chi connectivity index (χ1v) is 9.53. The minimum atomic E-state index is -3.59. The summed E-state index contributed by atoms with van der Waals surface area (Å²) in [6.07, 6.45) is 2.75. The predicted octanol–water partition coefficient (Wildman–Crippen LogP) is 2.36. The van der Waals surface area contributed by atoms with Gasteiger partial charge in [0.15, 0.2) is 0 Å². The molecule has 2 aliphatic rings. The quantitative estimate of drug-likeness (QED) is 0.734. The van der Waals surface area contributed by atoms with Gasteiger partial charge in [-0.3, -0.25) is 9.59 Å². The molecule has 4 atom stereocenters. The highest BCUT2D eigenvalue weighted by Gasteiger charge is 2.52. The van der Waals surface area contributed by atoms with E-state index >= 15 is 0 Å². The first kappa shape index (κ1) is 21.6. The number of fused-ring (bicyclic) bond motifs is 1. The van der Waals surface area contributed by atoms with Crippen molar-refractivity contribution in [3.63, 3.8) is 0 Å². The maximum atomic E-state index is 13.4. The Morgan fingerprint density at radius 3 is 2.33 bits per heavy atom. The third-order valence-electron chi connectivity index (χ3n) is 5.49. The Hall–Kier alpha value is -1.73. The van der Waals surface area contributed by atoms with Crippen LogP contribution in [-0.4, -0.2) is 53.8 Å². The van der Waals surface area contributed by atoms with E-state index in [1.165, 1.54) is 4.90 Å². The highest BCUT2D eigenvalue weighted by Crippen LogP contribution is 2.43. The molecule has 2 rings (SSSR count). The van der Waals surface area contributed by atoms with E-state index < -0.39 is 41.2 Å². The molecular formula is C19H30F2N2O4. The molecule has 0 spiro atoms. The minimum absolute atomic E-state index is 0.0249. The number of hydrogen-bond donors (Lipinski definition) is 1. The number of alkyl halides is 2. The van der Waals surface area contributed by atoms with Gasteiger partial charge in [-0.25, -0.2) is 4.79 Å².